The third kappa shape index (κ3) is 3.64. The third-order valence-electron chi connectivity index (χ3n) is 3.78. The molecule has 3 rings (SSSR count). The van der Waals surface area contributed by atoms with Crippen LogP contribution in [0.4, 0.5) is 11.4 Å². The number of carbonyl (C=O) groups excluding carboxylic acids is 1. The lowest BCUT2D eigenvalue weighted by Gasteiger charge is -2.23. The highest BCUT2D eigenvalue weighted by atomic mass is 16.4. The Morgan fingerprint density at radius 2 is 1.23 bits per heavy atom. The van der Waals surface area contributed by atoms with Gasteiger partial charge in [0.25, 0.3) is 5.91 Å². The van der Waals surface area contributed by atoms with E-state index in [2.05, 4.69) is 5.16 Å². The molecule has 0 unspecified atom stereocenters. The molecule has 130 valence electrons. The maximum absolute atomic E-state index is 13.1. The Hall–Kier alpha value is -3.80. The molecule has 0 atom stereocenters. The summed E-state index contributed by atoms with van der Waals surface area (Å²) in [5.41, 5.74) is 2.23. The number of amides is 1. The molecular weight excluding hydrogens is 332 g/mol. The molecule has 3 aromatic rings. The lowest BCUT2D eigenvalue weighted by Crippen LogP contribution is -2.25. The minimum Gasteiger partial charge on any atom is -0.508 e. The van der Waals surface area contributed by atoms with E-state index in [4.69, 9.17) is 5.21 Å². The van der Waals surface area contributed by atoms with E-state index in [0.29, 0.717) is 22.5 Å². The number of hydrogen-bond donors (Lipinski definition) is 3. The zero-order valence-electron chi connectivity index (χ0n) is 13.6. The molecule has 0 aliphatic heterocycles. The van der Waals surface area contributed by atoms with Crippen molar-refractivity contribution in [1.82, 2.24) is 0 Å². The number of hydrogen-bond acceptors (Lipinski definition) is 5. The van der Waals surface area contributed by atoms with Gasteiger partial charge in [0.1, 0.15) is 11.5 Å². The zero-order valence-corrected chi connectivity index (χ0v) is 13.6. The van der Waals surface area contributed by atoms with Crippen LogP contribution in [-0.4, -0.2) is 27.5 Å². The van der Waals surface area contributed by atoms with E-state index in [1.54, 1.807) is 48.5 Å². The van der Waals surface area contributed by atoms with Gasteiger partial charge in [-0.05, 0) is 66.2 Å². The number of benzene rings is 3. The highest BCUT2D eigenvalue weighted by Crippen LogP contribution is 2.30. The Morgan fingerprint density at radius 3 is 1.65 bits per heavy atom. The van der Waals surface area contributed by atoms with E-state index in [1.165, 1.54) is 35.4 Å². The zero-order chi connectivity index (χ0) is 18.5. The summed E-state index contributed by atoms with van der Waals surface area (Å²) in [5, 5.41) is 30.6. The molecule has 0 saturated carbocycles. The highest BCUT2D eigenvalue weighted by molar-refractivity contribution is 6.11. The summed E-state index contributed by atoms with van der Waals surface area (Å²) in [6.07, 6.45) is 1.27. The van der Waals surface area contributed by atoms with Crippen molar-refractivity contribution in [3.05, 3.63) is 83.9 Å². The first-order valence-electron chi connectivity index (χ1n) is 7.78. The largest absolute Gasteiger partial charge is 0.508 e. The lowest BCUT2D eigenvalue weighted by atomic mass is 10.1. The van der Waals surface area contributed by atoms with Crippen LogP contribution < -0.4 is 4.90 Å². The smallest absolute Gasteiger partial charge is 0.262 e. The van der Waals surface area contributed by atoms with Crippen LogP contribution >= 0.6 is 0 Å². The van der Waals surface area contributed by atoms with Crippen molar-refractivity contribution >= 4 is 23.5 Å². The summed E-state index contributed by atoms with van der Waals surface area (Å²) in [5.74, 6) is -0.0899. The van der Waals surface area contributed by atoms with Gasteiger partial charge in [-0.15, -0.1) is 0 Å². The van der Waals surface area contributed by atoms with Gasteiger partial charge in [-0.2, -0.15) is 0 Å². The lowest BCUT2D eigenvalue weighted by molar-refractivity contribution is 0.0999. The molecule has 0 radical (unpaired) electrons. The Bertz CT molecular complexity index is 872. The number of anilines is 2. The molecule has 0 aliphatic rings. The van der Waals surface area contributed by atoms with Crippen LogP contribution in [0, 0.1) is 0 Å². The average molecular weight is 348 g/mol. The van der Waals surface area contributed by atoms with Crippen LogP contribution in [0.3, 0.4) is 0 Å². The van der Waals surface area contributed by atoms with E-state index < -0.39 is 0 Å². The van der Waals surface area contributed by atoms with Crippen LogP contribution in [-0.2, 0) is 0 Å². The maximum atomic E-state index is 13.1. The number of phenolic OH excluding ortho intramolecular Hbond substituents is 2. The minimum absolute atomic E-state index is 0.0968. The molecule has 0 saturated heterocycles. The van der Waals surface area contributed by atoms with Crippen molar-refractivity contribution in [3.8, 4) is 11.5 Å². The molecule has 6 nitrogen and oxygen atoms in total. The van der Waals surface area contributed by atoms with Crippen LogP contribution in [0.25, 0.3) is 0 Å². The van der Waals surface area contributed by atoms with Gasteiger partial charge in [-0.25, -0.2) is 0 Å². The fourth-order valence-corrected chi connectivity index (χ4v) is 2.49. The van der Waals surface area contributed by atoms with E-state index in [1.807, 2.05) is 0 Å². The van der Waals surface area contributed by atoms with E-state index in [-0.39, 0.29) is 17.4 Å². The van der Waals surface area contributed by atoms with Crippen LogP contribution in [0.2, 0.25) is 0 Å². The molecule has 0 spiro atoms. The number of nitrogens with zero attached hydrogens (tertiary/aromatic N) is 2. The Balaban J connectivity index is 2.03. The molecule has 3 N–H and O–H groups in total. The van der Waals surface area contributed by atoms with Crippen molar-refractivity contribution in [2.24, 2.45) is 5.16 Å². The standard InChI is InChI=1S/C20H16N2O4/c23-18-9-5-16(6-10-18)22(17-7-11-19(24)12-8-17)20(25)15-3-1-14(2-4-15)13-21-26/h1-13,23-24,26H. The first kappa shape index (κ1) is 17.0. The van der Waals surface area contributed by atoms with Gasteiger partial charge in [0.05, 0.1) is 6.21 Å². The fourth-order valence-electron chi connectivity index (χ4n) is 2.49. The maximum Gasteiger partial charge on any atom is 0.262 e. The number of rotatable bonds is 4. The van der Waals surface area contributed by atoms with Gasteiger partial charge in [0.15, 0.2) is 0 Å². The first-order chi connectivity index (χ1) is 12.6. The summed E-state index contributed by atoms with van der Waals surface area (Å²) in [4.78, 5) is 14.6. The van der Waals surface area contributed by atoms with Crippen molar-refractivity contribution < 1.29 is 20.2 Å². The van der Waals surface area contributed by atoms with Crippen LogP contribution in [0.5, 0.6) is 11.5 Å². The Morgan fingerprint density at radius 1 is 0.769 bits per heavy atom. The Labute approximate surface area is 149 Å². The van der Waals surface area contributed by atoms with Crippen LogP contribution in [0.1, 0.15) is 15.9 Å². The van der Waals surface area contributed by atoms with Gasteiger partial charge >= 0.3 is 0 Å². The number of carbonyl (C=O) groups is 1. The molecule has 0 bridgehead atoms. The second-order valence-electron chi connectivity index (χ2n) is 5.54. The summed E-state index contributed by atoms with van der Waals surface area (Å²) in [7, 11) is 0. The van der Waals surface area contributed by atoms with Gasteiger partial charge < -0.3 is 15.4 Å². The number of aromatic hydroxyl groups is 2. The Kier molecular flexibility index (Phi) is 4.85. The molecule has 6 heteroatoms. The van der Waals surface area contributed by atoms with Crippen molar-refractivity contribution in [2.45, 2.75) is 0 Å². The second kappa shape index (κ2) is 7.40. The van der Waals surface area contributed by atoms with Crippen molar-refractivity contribution in [2.75, 3.05) is 4.90 Å². The van der Waals surface area contributed by atoms with E-state index in [0.717, 1.165) is 0 Å². The van der Waals surface area contributed by atoms with Gasteiger partial charge in [-0.3, -0.25) is 9.69 Å². The summed E-state index contributed by atoms with van der Waals surface area (Å²) in [6.45, 7) is 0. The van der Waals surface area contributed by atoms with E-state index >= 15 is 0 Å². The summed E-state index contributed by atoms with van der Waals surface area (Å²) in [6, 6.07) is 19.1. The second-order valence-corrected chi connectivity index (χ2v) is 5.54. The number of oxime groups is 1. The van der Waals surface area contributed by atoms with Gasteiger partial charge in [-0.1, -0.05) is 17.3 Å². The monoisotopic (exact) mass is 348 g/mol. The topological polar surface area (TPSA) is 93.4 Å². The quantitative estimate of drug-likeness (QED) is 0.379. The van der Waals surface area contributed by atoms with E-state index in [9.17, 15) is 15.0 Å². The molecule has 3 aromatic carbocycles. The molecule has 0 aromatic heterocycles. The van der Waals surface area contributed by atoms with Gasteiger partial charge in [0.2, 0.25) is 0 Å². The molecule has 26 heavy (non-hydrogen) atoms. The number of phenols is 2. The molecule has 0 fully saturated rings. The third-order valence-corrected chi connectivity index (χ3v) is 3.78. The molecule has 0 aliphatic carbocycles. The van der Waals surface area contributed by atoms with Crippen molar-refractivity contribution in [3.63, 3.8) is 0 Å². The first-order valence-corrected chi connectivity index (χ1v) is 7.78. The normalized spacial score (nSPS) is 10.8. The molecule has 1 amide bonds. The van der Waals surface area contributed by atoms with Crippen LogP contribution in [0.15, 0.2) is 78.0 Å². The summed E-state index contributed by atoms with van der Waals surface area (Å²) < 4.78 is 0. The van der Waals surface area contributed by atoms with Gasteiger partial charge in [0, 0.05) is 16.9 Å². The minimum atomic E-state index is -0.283. The highest BCUT2D eigenvalue weighted by Gasteiger charge is 2.20. The van der Waals surface area contributed by atoms with Crippen molar-refractivity contribution in [1.29, 1.82) is 0 Å². The SMILES string of the molecule is O=C(c1ccc(C=NO)cc1)N(c1ccc(O)cc1)c1ccc(O)cc1. The molecular formula is C20H16N2O4. The fraction of sp³-hybridized carbons (Fsp3) is 0. The predicted octanol–water partition coefficient (Wildman–Crippen LogP) is 3.88. The molecule has 0 heterocycles. The predicted molar refractivity (Wildman–Crippen MR) is 98.5 cm³/mol. The average Bonchev–Trinajstić information content (AvgIpc) is 2.66. The summed E-state index contributed by atoms with van der Waals surface area (Å²) >= 11 is 0.